The third-order valence-electron chi connectivity index (χ3n) is 3.47. The minimum absolute atomic E-state index is 0.0101. The van der Waals surface area contributed by atoms with Crippen molar-refractivity contribution in [2.24, 2.45) is 0 Å². The summed E-state index contributed by atoms with van der Waals surface area (Å²) in [4.78, 5) is 14.2. The van der Waals surface area contributed by atoms with Crippen LogP contribution in [0.1, 0.15) is 12.8 Å². The van der Waals surface area contributed by atoms with Crippen molar-refractivity contribution in [3.8, 4) is 0 Å². The van der Waals surface area contributed by atoms with E-state index in [4.69, 9.17) is 11.6 Å². The summed E-state index contributed by atoms with van der Waals surface area (Å²) in [7, 11) is 0. The maximum atomic E-state index is 12.1. The first-order chi connectivity index (χ1) is 10.2. The molecule has 2 rings (SSSR count). The van der Waals surface area contributed by atoms with Crippen molar-refractivity contribution >= 4 is 28.9 Å². The third-order valence-corrected chi connectivity index (χ3v) is 3.83. The molecule has 1 aliphatic heterocycles. The van der Waals surface area contributed by atoms with Crippen LogP contribution in [0, 0.1) is 0 Å². The number of nitrogens with one attached hydrogen (secondary N) is 2. The fraction of sp³-hybridized carbons (Fsp3) is 0.533. The van der Waals surface area contributed by atoms with Crippen molar-refractivity contribution in [2.75, 3.05) is 42.7 Å². The van der Waals surface area contributed by atoms with E-state index < -0.39 is 6.10 Å². The summed E-state index contributed by atoms with van der Waals surface area (Å²) in [6.07, 6.45) is 1.73. The highest BCUT2D eigenvalue weighted by Gasteiger charge is 2.15. The lowest BCUT2D eigenvalue weighted by Gasteiger charge is -2.17. The minimum atomic E-state index is -0.611. The molecule has 1 heterocycles. The van der Waals surface area contributed by atoms with Gasteiger partial charge in [-0.05, 0) is 38.1 Å². The van der Waals surface area contributed by atoms with E-state index in [0.29, 0.717) is 13.1 Å². The third kappa shape index (κ3) is 5.19. The normalized spacial score (nSPS) is 16.7. The molecular weight excluding hydrogens is 290 g/mol. The van der Waals surface area contributed by atoms with Crippen LogP contribution < -0.4 is 10.6 Å². The molecule has 6 heteroatoms. The van der Waals surface area contributed by atoms with E-state index in [2.05, 4.69) is 15.5 Å². The van der Waals surface area contributed by atoms with Crippen LogP contribution in [-0.4, -0.2) is 54.1 Å². The van der Waals surface area contributed by atoms with Crippen molar-refractivity contribution in [1.82, 2.24) is 4.90 Å². The van der Waals surface area contributed by atoms with E-state index in [0.717, 1.165) is 24.5 Å². The second-order valence-corrected chi connectivity index (χ2v) is 5.57. The van der Waals surface area contributed by atoms with Gasteiger partial charge in [0.15, 0.2) is 0 Å². The lowest BCUT2D eigenvalue weighted by molar-refractivity contribution is -0.117. The Hall–Kier alpha value is -1.30. The first-order valence-corrected chi connectivity index (χ1v) is 7.81. The summed E-state index contributed by atoms with van der Waals surface area (Å²) < 4.78 is 0. The van der Waals surface area contributed by atoms with Crippen molar-refractivity contribution in [3.63, 3.8) is 0 Å². The summed E-state index contributed by atoms with van der Waals surface area (Å²) in [6.45, 7) is 2.77. The van der Waals surface area contributed by atoms with E-state index in [1.807, 2.05) is 24.3 Å². The maximum absolute atomic E-state index is 12.1. The zero-order valence-corrected chi connectivity index (χ0v) is 12.8. The highest BCUT2D eigenvalue weighted by atomic mass is 35.5. The number of likely N-dealkylation sites (tertiary alicyclic amines) is 1. The molecule has 1 unspecified atom stereocenters. The van der Waals surface area contributed by atoms with Gasteiger partial charge in [-0.3, -0.25) is 9.69 Å². The molecule has 3 N–H and O–H groups in total. The van der Waals surface area contributed by atoms with Crippen LogP contribution in [0.3, 0.4) is 0 Å². The lowest BCUT2D eigenvalue weighted by atomic mass is 10.2. The Morgan fingerprint density at radius 3 is 2.62 bits per heavy atom. The molecule has 1 amide bonds. The number of aliphatic hydroxyl groups is 1. The average Bonchev–Trinajstić information content (AvgIpc) is 2.98. The Balaban J connectivity index is 1.90. The molecule has 1 aromatic carbocycles. The quantitative estimate of drug-likeness (QED) is 0.671. The van der Waals surface area contributed by atoms with Crippen molar-refractivity contribution in [1.29, 1.82) is 0 Å². The van der Waals surface area contributed by atoms with Gasteiger partial charge in [0, 0.05) is 6.54 Å². The second-order valence-electron chi connectivity index (χ2n) is 5.27. The number of rotatable bonds is 7. The molecule has 21 heavy (non-hydrogen) atoms. The smallest absolute Gasteiger partial charge is 0.238 e. The number of hydrogen-bond acceptors (Lipinski definition) is 4. The topological polar surface area (TPSA) is 64.6 Å². The number of aliphatic hydroxyl groups excluding tert-OH is 1. The molecule has 1 atom stereocenters. The van der Waals surface area contributed by atoms with E-state index in [1.54, 1.807) is 0 Å². The molecule has 1 aromatic rings. The summed E-state index contributed by atoms with van der Waals surface area (Å²) in [6, 6.07) is 7.46. The highest BCUT2D eigenvalue weighted by Crippen LogP contribution is 2.21. The van der Waals surface area contributed by atoms with Crippen LogP contribution in [0.25, 0.3) is 0 Å². The Morgan fingerprint density at radius 1 is 1.29 bits per heavy atom. The zero-order valence-electron chi connectivity index (χ0n) is 12.0. The Morgan fingerprint density at radius 2 is 1.95 bits per heavy atom. The standard InChI is InChI=1S/C15H22ClN3O2/c16-9-12(20)10-17-13-5-1-2-6-14(13)18-15(21)11-19-7-3-4-8-19/h1-2,5-6,12,17,20H,3-4,7-11H2,(H,18,21). The molecule has 0 spiro atoms. The molecule has 0 aromatic heterocycles. The van der Waals surface area contributed by atoms with Crippen molar-refractivity contribution < 1.29 is 9.90 Å². The molecule has 5 nitrogen and oxygen atoms in total. The zero-order chi connectivity index (χ0) is 15.1. The number of hydrogen-bond donors (Lipinski definition) is 3. The fourth-order valence-corrected chi connectivity index (χ4v) is 2.47. The van der Waals surface area contributed by atoms with Crippen LogP contribution in [0.15, 0.2) is 24.3 Å². The molecular formula is C15H22ClN3O2. The molecule has 0 aliphatic carbocycles. The molecule has 0 saturated carbocycles. The number of alkyl halides is 1. The van der Waals surface area contributed by atoms with Gasteiger partial charge in [-0.1, -0.05) is 12.1 Å². The molecule has 1 fully saturated rings. The molecule has 0 radical (unpaired) electrons. The van der Waals surface area contributed by atoms with Gasteiger partial charge >= 0.3 is 0 Å². The van der Waals surface area contributed by atoms with Gasteiger partial charge < -0.3 is 15.7 Å². The first kappa shape index (κ1) is 16.1. The monoisotopic (exact) mass is 311 g/mol. The summed E-state index contributed by atoms with van der Waals surface area (Å²) >= 11 is 5.57. The number of carbonyl (C=O) groups is 1. The minimum Gasteiger partial charge on any atom is -0.390 e. The molecule has 1 aliphatic rings. The average molecular weight is 312 g/mol. The van der Waals surface area contributed by atoms with Gasteiger partial charge in [0.2, 0.25) is 5.91 Å². The van der Waals surface area contributed by atoms with E-state index in [1.165, 1.54) is 12.8 Å². The van der Waals surface area contributed by atoms with E-state index in [-0.39, 0.29) is 11.8 Å². The lowest BCUT2D eigenvalue weighted by Crippen LogP contribution is -2.31. The van der Waals surface area contributed by atoms with Gasteiger partial charge in [-0.2, -0.15) is 0 Å². The van der Waals surface area contributed by atoms with Crippen LogP contribution in [-0.2, 0) is 4.79 Å². The summed E-state index contributed by atoms with van der Waals surface area (Å²) in [5.41, 5.74) is 1.51. The maximum Gasteiger partial charge on any atom is 0.238 e. The Bertz CT molecular complexity index is 464. The number of benzene rings is 1. The van der Waals surface area contributed by atoms with Crippen molar-refractivity contribution in [3.05, 3.63) is 24.3 Å². The fourth-order valence-electron chi connectivity index (χ4n) is 2.36. The predicted octanol–water partition coefficient (Wildman–Crippen LogP) is 1.73. The second kappa shape index (κ2) is 8.22. The number of para-hydroxylation sites is 2. The van der Waals surface area contributed by atoms with Gasteiger partial charge in [-0.15, -0.1) is 11.6 Å². The summed E-state index contributed by atoms with van der Waals surface area (Å²) in [5.74, 6) is 0.167. The van der Waals surface area contributed by atoms with E-state index >= 15 is 0 Å². The Labute approximate surface area is 130 Å². The van der Waals surface area contributed by atoms with Gasteiger partial charge in [-0.25, -0.2) is 0 Å². The number of anilines is 2. The van der Waals surface area contributed by atoms with Crippen LogP contribution in [0.4, 0.5) is 11.4 Å². The van der Waals surface area contributed by atoms with Crippen LogP contribution >= 0.6 is 11.6 Å². The Kier molecular flexibility index (Phi) is 6.29. The summed E-state index contributed by atoms with van der Waals surface area (Å²) in [5, 5.41) is 15.5. The number of nitrogens with zero attached hydrogens (tertiary/aromatic N) is 1. The molecule has 116 valence electrons. The van der Waals surface area contributed by atoms with Crippen LogP contribution in [0.2, 0.25) is 0 Å². The number of carbonyl (C=O) groups excluding carboxylic acids is 1. The van der Waals surface area contributed by atoms with Gasteiger partial charge in [0.05, 0.1) is 29.9 Å². The molecule has 0 bridgehead atoms. The first-order valence-electron chi connectivity index (χ1n) is 7.28. The number of amides is 1. The van der Waals surface area contributed by atoms with Gasteiger partial charge in [0.25, 0.3) is 0 Å². The van der Waals surface area contributed by atoms with Crippen LogP contribution in [0.5, 0.6) is 0 Å². The number of halogens is 1. The molecule has 1 saturated heterocycles. The van der Waals surface area contributed by atoms with Gasteiger partial charge in [0.1, 0.15) is 0 Å². The SMILES string of the molecule is O=C(CN1CCCC1)Nc1ccccc1NCC(O)CCl. The highest BCUT2D eigenvalue weighted by molar-refractivity contribution is 6.18. The largest absolute Gasteiger partial charge is 0.390 e. The van der Waals surface area contributed by atoms with Crippen molar-refractivity contribution in [2.45, 2.75) is 18.9 Å². The van der Waals surface area contributed by atoms with E-state index in [9.17, 15) is 9.90 Å². The predicted molar refractivity (Wildman–Crippen MR) is 86.0 cm³/mol.